The minimum absolute atomic E-state index is 0. The quantitative estimate of drug-likeness (QED) is 0.470. The zero-order chi connectivity index (χ0) is 21.3. The molecule has 3 nitrogen and oxygen atoms in total. The molecule has 1 saturated heterocycles. The van der Waals surface area contributed by atoms with Gasteiger partial charge in [-0.05, 0) is 64.3 Å². The highest BCUT2D eigenvalue weighted by Gasteiger charge is 2.33. The molecule has 1 N–H and O–H groups in total. The SMILES string of the molecule is CCCNC(=S)c1ccc2c(c1)N(C(C)CN1C(C)CCC1C)c1ccccc1S2.Cl. The molecule has 0 bridgehead atoms. The first-order chi connectivity index (χ1) is 14.5. The molecule has 4 rings (SSSR count). The summed E-state index contributed by atoms with van der Waals surface area (Å²) in [6.45, 7) is 11.3. The van der Waals surface area contributed by atoms with Crippen LogP contribution in [0.1, 0.15) is 52.5 Å². The van der Waals surface area contributed by atoms with Crippen molar-refractivity contribution < 1.29 is 0 Å². The normalized spacial score (nSPS) is 21.1. The van der Waals surface area contributed by atoms with Crippen molar-refractivity contribution in [2.45, 2.75) is 74.9 Å². The Morgan fingerprint density at radius 2 is 1.77 bits per heavy atom. The van der Waals surface area contributed by atoms with Gasteiger partial charge in [-0.25, -0.2) is 0 Å². The first kappa shape index (κ1) is 24.4. The summed E-state index contributed by atoms with van der Waals surface area (Å²) in [6, 6.07) is 17.2. The molecule has 0 spiro atoms. The summed E-state index contributed by atoms with van der Waals surface area (Å²) in [7, 11) is 0. The Morgan fingerprint density at radius 1 is 1.10 bits per heavy atom. The maximum absolute atomic E-state index is 5.68. The van der Waals surface area contributed by atoms with Crippen molar-refractivity contribution in [3.05, 3.63) is 48.0 Å². The zero-order valence-corrected chi connectivity index (χ0v) is 21.4. The van der Waals surface area contributed by atoms with Crippen LogP contribution in [0.25, 0.3) is 0 Å². The van der Waals surface area contributed by atoms with E-state index in [0.717, 1.165) is 30.1 Å². The van der Waals surface area contributed by atoms with Gasteiger partial charge in [0.2, 0.25) is 0 Å². The Labute approximate surface area is 203 Å². The summed E-state index contributed by atoms with van der Waals surface area (Å²) in [6.07, 6.45) is 3.68. The zero-order valence-electron chi connectivity index (χ0n) is 18.9. The van der Waals surface area contributed by atoms with Crippen molar-refractivity contribution in [1.29, 1.82) is 0 Å². The predicted molar refractivity (Wildman–Crippen MR) is 141 cm³/mol. The van der Waals surface area contributed by atoms with Gasteiger partial charge in [-0.3, -0.25) is 4.90 Å². The predicted octanol–water partition coefficient (Wildman–Crippen LogP) is 6.65. The highest BCUT2D eigenvalue weighted by Crippen LogP contribution is 2.49. The van der Waals surface area contributed by atoms with Gasteiger partial charge >= 0.3 is 0 Å². The fourth-order valence-corrected chi connectivity index (χ4v) is 6.02. The van der Waals surface area contributed by atoms with Crippen LogP contribution in [0.5, 0.6) is 0 Å². The number of anilines is 2. The van der Waals surface area contributed by atoms with Crippen molar-refractivity contribution in [2.24, 2.45) is 0 Å². The molecule has 6 heteroatoms. The van der Waals surface area contributed by atoms with Gasteiger partial charge in [-0.15, -0.1) is 12.4 Å². The molecule has 0 radical (unpaired) electrons. The van der Waals surface area contributed by atoms with E-state index in [1.807, 2.05) is 11.8 Å². The van der Waals surface area contributed by atoms with E-state index in [2.05, 4.69) is 85.3 Å². The molecule has 3 unspecified atom stereocenters. The lowest BCUT2D eigenvalue weighted by Crippen LogP contribution is -2.44. The van der Waals surface area contributed by atoms with Gasteiger partial charge in [-0.1, -0.05) is 49.1 Å². The molecule has 2 aliphatic rings. The van der Waals surface area contributed by atoms with Crippen LogP contribution in [0.3, 0.4) is 0 Å². The van der Waals surface area contributed by atoms with Crippen LogP contribution in [0, 0.1) is 0 Å². The number of hydrogen-bond donors (Lipinski definition) is 1. The van der Waals surface area contributed by atoms with E-state index in [-0.39, 0.29) is 12.4 Å². The average Bonchev–Trinajstić information content (AvgIpc) is 3.07. The van der Waals surface area contributed by atoms with Gasteiger partial charge in [-0.2, -0.15) is 0 Å². The molecule has 31 heavy (non-hydrogen) atoms. The van der Waals surface area contributed by atoms with Gasteiger partial charge in [0, 0.05) is 46.6 Å². The molecular weight excluding hydrogens is 442 g/mol. The molecule has 168 valence electrons. The number of hydrogen-bond acceptors (Lipinski definition) is 4. The molecule has 2 aromatic carbocycles. The van der Waals surface area contributed by atoms with Gasteiger partial charge in [0.15, 0.2) is 0 Å². The number of thiocarbonyl (C=S) groups is 1. The van der Waals surface area contributed by atoms with Crippen LogP contribution >= 0.6 is 36.4 Å². The van der Waals surface area contributed by atoms with Gasteiger partial charge in [0.05, 0.1) is 11.4 Å². The van der Waals surface area contributed by atoms with Gasteiger partial charge in [0.25, 0.3) is 0 Å². The van der Waals surface area contributed by atoms with Crippen molar-refractivity contribution in [1.82, 2.24) is 10.2 Å². The molecule has 1 fully saturated rings. The second-order valence-corrected chi connectivity index (χ2v) is 10.2. The Bertz CT molecular complexity index is 909. The molecule has 2 aromatic rings. The smallest absolute Gasteiger partial charge is 0.106 e. The molecular formula is C25H34ClN3S2. The Balaban J connectivity index is 0.00000272. The summed E-state index contributed by atoms with van der Waals surface area (Å²) in [5.74, 6) is 0. The number of fused-ring (bicyclic) bond motifs is 2. The van der Waals surface area contributed by atoms with Gasteiger partial charge < -0.3 is 10.2 Å². The van der Waals surface area contributed by atoms with E-state index in [4.69, 9.17) is 12.2 Å². The maximum atomic E-state index is 5.68. The Hall–Kier alpha value is -1.27. The molecule has 0 saturated carbocycles. The summed E-state index contributed by atoms with van der Waals surface area (Å²) in [5.41, 5.74) is 3.70. The highest BCUT2D eigenvalue weighted by molar-refractivity contribution is 7.99. The highest BCUT2D eigenvalue weighted by atomic mass is 35.5. The largest absolute Gasteiger partial charge is 0.376 e. The topological polar surface area (TPSA) is 18.5 Å². The van der Waals surface area contributed by atoms with E-state index in [1.54, 1.807) is 0 Å². The first-order valence-corrected chi connectivity index (χ1v) is 12.5. The fraction of sp³-hybridized carbons (Fsp3) is 0.480. The number of benzene rings is 2. The number of halogens is 1. The van der Waals surface area contributed by atoms with Crippen LogP contribution in [-0.2, 0) is 0 Å². The third kappa shape index (κ3) is 5.05. The van der Waals surface area contributed by atoms with E-state index in [1.165, 1.54) is 34.0 Å². The molecule has 2 aliphatic heterocycles. The summed E-state index contributed by atoms with van der Waals surface area (Å²) >= 11 is 7.54. The fourth-order valence-electron chi connectivity index (χ4n) is 4.73. The maximum Gasteiger partial charge on any atom is 0.106 e. The van der Waals surface area contributed by atoms with Crippen molar-refractivity contribution in [2.75, 3.05) is 18.0 Å². The lowest BCUT2D eigenvalue weighted by atomic mass is 10.1. The second kappa shape index (κ2) is 10.6. The van der Waals surface area contributed by atoms with Crippen LogP contribution in [0.4, 0.5) is 11.4 Å². The summed E-state index contributed by atoms with van der Waals surface area (Å²) < 4.78 is 0. The van der Waals surface area contributed by atoms with Crippen molar-refractivity contribution >= 4 is 52.8 Å². The summed E-state index contributed by atoms with van der Waals surface area (Å²) in [5, 5.41) is 3.39. The molecule has 0 aliphatic carbocycles. The number of likely N-dealkylation sites (tertiary alicyclic amines) is 1. The van der Waals surface area contributed by atoms with E-state index in [0.29, 0.717) is 18.1 Å². The third-order valence-electron chi connectivity index (χ3n) is 6.41. The molecule has 0 aromatic heterocycles. The monoisotopic (exact) mass is 475 g/mol. The Morgan fingerprint density at radius 3 is 2.48 bits per heavy atom. The molecule has 2 heterocycles. The van der Waals surface area contributed by atoms with Crippen LogP contribution in [0.2, 0.25) is 0 Å². The van der Waals surface area contributed by atoms with Crippen molar-refractivity contribution in [3.8, 4) is 0 Å². The minimum Gasteiger partial charge on any atom is -0.376 e. The Kier molecular flexibility index (Phi) is 8.31. The lowest BCUT2D eigenvalue weighted by Gasteiger charge is -2.40. The first-order valence-electron chi connectivity index (χ1n) is 11.2. The molecule has 0 amide bonds. The number of nitrogens with zero attached hydrogens (tertiary/aromatic N) is 2. The molecule has 3 atom stereocenters. The number of para-hydroxylation sites is 1. The average molecular weight is 476 g/mol. The van der Waals surface area contributed by atoms with E-state index >= 15 is 0 Å². The number of nitrogens with one attached hydrogen (secondary N) is 1. The third-order valence-corrected chi connectivity index (χ3v) is 7.92. The van der Waals surface area contributed by atoms with E-state index < -0.39 is 0 Å². The minimum atomic E-state index is 0. The summed E-state index contributed by atoms with van der Waals surface area (Å²) in [4.78, 5) is 8.72. The standard InChI is InChI=1S/C25H33N3S2.ClH/c1-5-14-26-25(29)20-12-13-24-22(15-20)28(21-8-6-7-9-23(21)30-24)19(4)16-27-17(2)10-11-18(27)3;/h6-9,12-13,15,17-19H,5,10-11,14,16H2,1-4H3,(H,26,29);1H. The van der Waals surface area contributed by atoms with Crippen LogP contribution in [0.15, 0.2) is 52.3 Å². The second-order valence-electron chi connectivity index (χ2n) is 8.70. The van der Waals surface area contributed by atoms with Crippen LogP contribution in [-0.4, -0.2) is 41.1 Å². The van der Waals surface area contributed by atoms with Crippen molar-refractivity contribution in [3.63, 3.8) is 0 Å². The number of rotatable bonds is 6. The van der Waals surface area contributed by atoms with Gasteiger partial charge in [0.1, 0.15) is 4.99 Å². The van der Waals surface area contributed by atoms with Crippen LogP contribution < -0.4 is 10.2 Å². The lowest BCUT2D eigenvalue weighted by molar-refractivity contribution is 0.204. The van der Waals surface area contributed by atoms with E-state index in [9.17, 15) is 0 Å².